The number of imide groups is 1. The summed E-state index contributed by atoms with van der Waals surface area (Å²) in [5.74, 6) is -1.35. The number of carbonyl (C=O) groups is 3. The molecule has 5 heteroatoms. The van der Waals surface area contributed by atoms with E-state index in [2.05, 4.69) is 26.1 Å². The van der Waals surface area contributed by atoms with Crippen molar-refractivity contribution in [2.24, 2.45) is 5.92 Å². The van der Waals surface area contributed by atoms with Crippen LogP contribution in [-0.4, -0.2) is 24.4 Å². The Morgan fingerprint density at radius 3 is 2.40 bits per heavy atom. The minimum atomic E-state index is -0.625. The monoisotopic (exact) mass is 343 g/mol. The summed E-state index contributed by atoms with van der Waals surface area (Å²) >= 11 is 0. The van der Waals surface area contributed by atoms with Gasteiger partial charge in [-0.15, -0.1) is 0 Å². The Balaban J connectivity index is 1.78. The van der Waals surface area contributed by atoms with Gasteiger partial charge in [0, 0.05) is 5.56 Å². The highest BCUT2D eigenvalue weighted by Gasteiger charge is 2.18. The first-order chi connectivity index (χ1) is 11.8. The average molecular weight is 343 g/mol. The van der Waals surface area contributed by atoms with E-state index in [1.807, 2.05) is 24.3 Å². The maximum Gasteiger partial charge on any atom is 0.306 e. The second-order valence-electron chi connectivity index (χ2n) is 7.34. The van der Waals surface area contributed by atoms with Gasteiger partial charge in [0.1, 0.15) is 0 Å². The SMILES string of the molecule is CC(C)(C)c1ccc(C(=O)NC(=O)COC(=O)C[C@H]2C=CCC2)cc1. The molecular weight excluding hydrogens is 318 g/mol. The number of amides is 2. The second-order valence-corrected chi connectivity index (χ2v) is 7.34. The summed E-state index contributed by atoms with van der Waals surface area (Å²) in [7, 11) is 0. The van der Waals surface area contributed by atoms with Crippen molar-refractivity contribution in [2.75, 3.05) is 6.61 Å². The summed E-state index contributed by atoms with van der Waals surface area (Å²) in [5, 5.41) is 2.23. The maximum absolute atomic E-state index is 12.1. The van der Waals surface area contributed by atoms with Gasteiger partial charge in [-0.3, -0.25) is 19.7 Å². The Hall–Kier alpha value is -2.43. The van der Waals surface area contributed by atoms with E-state index >= 15 is 0 Å². The van der Waals surface area contributed by atoms with Crippen LogP contribution in [-0.2, 0) is 19.7 Å². The van der Waals surface area contributed by atoms with Crippen LogP contribution in [0.5, 0.6) is 0 Å². The number of ether oxygens (including phenoxy) is 1. The fraction of sp³-hybridized carbons (Fsp3) is 0.450. The number of hydrogen-bond acceptors (Lipinski definition) is 4. The molecule has 0 aromatic heterocycles. The summed E-state index contributed by atoms with van der Waals surface area (Å²) < 4.78 is 4.93. The molecule has 0 fully saturated rings. The van der Waals surface area contributed by atoms with Crippen LogP contribution in [0.3, 0.4) is 0 Å². The Morgan fingerprint density at radius 2 is 1.84 bits per heavy atom. The number of carbonyl (C=O) groups excluding carboxylic acids is 3. The average Bonchev–Trinajstić information content (AvgIpc) is 3.05. The summed E-state index contributed by atoms with van der Waals surface area (Å²) in [6.07, 6.45) is 6.21. The van der Waals surface area contributed by atoms with Crippen molar-refractivity contribution in [3.8, 4) is 0 Å². The van der Waals surface area contributed by atoms with Crippen molar-refractivity contribution >= 4 is 17.8 Å². The zero-order chi connectivity index (χ0) is 18.4. The molecule has 0 radical (unpaired) electrons. The molecule has 0 saturated carbocycles. The van der Waals surface area contributed by atoms with Crippen LogP contribution in [0.25, 0.3) is 0 Å². The lowest BCUT2D eigenvalue weighted by Crippen LogP contribution is -2.34. The Kier molecular flexibility index (Phi) is 6.12. The van der Waals surface area contributed by atoms with Gasteiger partial charge in [-0.05, 0) is 41.9 Å². The van der Waals surface area contributed by atoms with Gasteiger partial charge in [0.25, 0.3) is 11.8 Å². The molecule has 1 aliphatic rings. The third-order valence-corrected chi connectivity index (χ3v) is 4.17. The third-order valence-electron chi connectivity index (χ3n) is 4.17. The predicted molar refractivity (Wildman–Crippen MR) is 95.1 cm³/mol. The molecule has 1 atom stereocenters. The van der Waals surface area contributed by atoms with Crippen molar-refractivity contribution in [3.05, 3.63) is 47.5 Å². The van der Waals surface area contributed by atoms with Crippen LogP contribution in [0.2, 0.25) is 0 Å². The number of allylic oxidation sites excluding steroid dienone is 2. The van der Waals surface area contributed by atoms with Crippen molar-refractivity contribution in [1.82, 2.24) is 5.32 Å². The standard InChI is InChI=1S/C20H25NO4/c1-20(2,3)16-10-8-15(9-11-16)19(24)21-17(22)13-25-18(23)12-14-6-4-5-7-14/h4,6,8-11,14H,5,7,12-13H2,1-3H3,(H,21,22,24)/t14-/m0/s1. The topological polar surface area (TPSA) is 72.5 Å². The molecule has 0 aliphatic heterocycles. The second kappa shape index (κ2) is 8.10. The first-order valence-electron chi connectivity index (χ1n) is 8.53. The Morgan fingerprint density at radius 1 is 1.16 bits per heavy atom. The van der Waals surface area contributed by atoms with Gasteiger partial charge in [0.15, 0.2) is 6.61 Å². The first-order valence-corrected chi connectivity index (χ1v) is 8.53. The lowest BCUT2D eigenvalue weighted by Gasteiger charge is -2.19. The lowest BCUT2D eigenvalue weighted by molar-refractivity contribution is -0.148. The number of rotatable bonds is 5. The van der Waals surface area contributed by atoms with Crippen molar-refractivity contribution in [3.63, 3.8) is 0 Å². The third kappa shape index (κ3) is 5.85. The number of hydrogen-bond donors (Lipinski definition) is 1. The molecule has 0 unspecified atom stereocenters. The fourth-order valence-corrected chi connectivity index (χ4v) is 2.64. The van der Waals surface area contributed by atoms with Crippen molar-refractivity contribution < 1.29 is 19.1 Å². The van der Waals surface area contributed by atoms with Gasteiger partial charge in [-0.25, -0.2) is 0 Å². The summed E-state index contributed by atoms with van der Waals surface area (Å²) in [5.41, 5.74) is 1.49. The van der Waals surface area contributed by atoms with E-state index in [0.717, 1.165) is 18.4 Å². The molecule has 134 valence electrons. The highest BCUT2D eigenvalue weighted by atomic mass is 16.5. The summed E-state index contributed by atoms with van der Waals surface area (Å²) in [6, 6.07) is 7.10. The highest BCUT2D eigenvalue weighted by molar-refractivity contribution is 6.05. The molecule has 1 aliphatic carbocycles. The smallest absolute Gasteiger partial charge is 0.306 e. The van der Waals surface area contributed by atoms with Crippen LogP contribution in [0.1, 0.15) is 56.0 Å². The molecule has 0 heterocycles. The van der Waals surface area contributed by atoms with E-state index in [1.54, 1.807) is 12.1 Å². The zero-order valence-electron chi connectivity index (χ0n) is 15.0. The Bertz CT molecular complexity index is 668. The van der Waals surface area contributed by atoms with Gasteiger partial charge in [0.2, 0.25) is 0 Å². The van der Waals surface area contributed by atoms with Gasteiger partial charge in [0.05, 0.1) is 6.42 Å². The molecular formula is C20H25NO4. The first kappa shape index (κ1) is 18.9. The number of benzene rings is 1. The molecule has 1 N–H and O–H groups in total. The highest BCUT2D eigenvalue weighted by Crippen LogP contribution is 2.22. The largest absolute Gasteiger partial charge is 0.456 e. The van der Waals surface area contributed by atoms with Crippen LogP contribution >= 0.6 is 0 Å². The van der Waals surface area contributed by atoms with Crippen molar-refractivity contribution in [1.29, 1.82) is 0 Å². The molecule has 1 aromatic rings. The molecule has 1 aromatic carbocycles. The summed E-state index contributed by atoms with van der Waals surface area (Å²) in [6.45, 7) is 5.81. The van der Waals surface area contributed by atoms with Gasteiger partial charge in [-0.2, -0.15) is 0 Å². The Labute approximate surface area is 148 Å². The van der Waals surface area contributed by atoms with E-state index in [-0.39, 0.29) is 17.8 Å². The molecule has 0 saturated heterocycles. The quantitative estimate of drug-likeness (QED) is 0.658. The van der Waals surface area contributed by atoms with Crippen LogP contribution in [0, 0.1) is 5.92 Å². The molecule has 0 spiro atoms. The fourth-order valence-electron chi connectivity index (χ4n) is 2.64. The molecule has 0 bridgehead atoms. The maximum atomic E-state index is 12.1. The lowest BCUT2D eigenvalue weighted by atomic mass is 9.87. The predicted octanol–water partition coefficient (Wildman–Crippen LogP) is 3.14. The van der Waals surface area contributed by atoms with Crippen LogP contribution in [0.15, 0.2) is 36.4 Å². The summed E-state index contributed by atoms with van der Waals surface area (Å²) in [4.78, 5) is 35.5. The molecule has 2 amide bonds. The van der Waals surface area contributed by atoms with E-state index in [4.69, 9.17) is 4.74 Å². The van der Waals surface area contributed by atoms with Crippen molar-refractivity contribution in [2.45, 2.75) is 45.4 Å². The van der Waals surface area contributed by atoms with Crippen LogP contribution in [0.4, 0.5) is 0 Å². The molecule has 25 heavy (non-hydrogen) atoms. The van der Waals surface area contributed by atoms with E-state index in [1.165, 1.54) is 0 Å². The molecule has 5 nitrogen and oxygen atoms in total. The van der Waals surface area contributed by atoms with Gasteiger partial charge >= 0.3 is 5.97 Å². The van der Waals surface area contributed by atoms with E-state index in [0.29, 0.717) is 5.56 Å². The van der Waals surface area contributed by atoms with E-state index in [9.17, 15) is 14.4 Å². The van der Waals surface area contributed by atoms with Gasteiger partial charge in [-0.1, -0.05) is 45.1 Å². The van der Waals surface area contributed by atoms with E-state index < -0.39 is 24.4 Å². The zero-order valence-corrected chi connectivity index (χ0v) is 15.0. The number of esters is 1. The van der Waals surface area contributed by atoms with Crippen LogP contribution < -0.4 is 5.32 Å². The van der Waals surface area contributed by atoms with Gasteiger partial charge < -0.3 is 4.74 Å². The molecule has 2 rings (SSSR count). The normalized spacial score (nSPS) is 16.5. The minimum absolute atomic E-state index is 0.00642. The number of nitrogens with one attached hydrogen (secondary N) is 1. The minimum Gasteiger partial charge on any atom is -0.456 e.